The van der Waals surface area contributed by atoms with Crippen molar-refractivity contribution in [3.63, 3.8) is 0 Å². The van der Waals surface area contributed by atoms with Crippen LogP contribution in [0.4, 0.5) is 0 Å². The number of hydrogen-bond acceptors (Lipinski definition) is 7. The van der Waals surface area contributed by atoms with E-state index in [-0.39, 0.29) is 42.1 Å². The second-order valence-corrected chi connectivity index (χ2v) is 11.0. The number of carbonyl (C=O) groups is 1. The molecule has 0 aliphatic carbocycles. The van der Waals surface area contributed by atoms with Gasteiger partial charge in [0.05, 0.1) is 5.56 Å². The van der Waals surface area contributed by atoms with Gasteiger partial charge in [-0.15, -0.1) is 0 Å². The molecule has 2 atom stereocenters. The van der Waals surface area contributed by atoms with Crippen molar-refractivity contribution in [1.29, 1.82) is 0 Å². The van der Waals surface area contributed by atoms with Crippen LogP contribution in [-0.2, 0) is 6.42 Å². The number of aliphatic hydroxyl groups excluding tert-OH is 2. The first kappa shape index (κ1) is 26.1. The number of hydrogen-bond donors (Lipinski definition) is 3. The molecule has 2 aromatic carbocycles. The van der Waals surface area contributed by atoms with Crippen molar-refractivity contribution < 1.29 is 29.6 Å². The molecule has 2 saturated heterocycles. The molecule has 3 aliphatic heterocycles. The van der Waals surface area contributed by atoms with E-state index in [0.717, 1.165) is 61.5 Å². The number of aromatic hydroxyl groups is 1. The molecule has 1 amide bonds. The van der Waals surface area contributed by atoms with E-state index in [2.05, 4.69) is 4.90 Å². The van der Waals surface area contributed by atoms with Gasteiger partial charge in [-0.25, -0.2) is 0 Å². The second-order valence-electron chi connectivity index (χ2n) is 10.6. The Bertz CT molecular complexity index is 1120. The third-order valence-electron chi connectivity index (χ3n) is 7.79. The quantitative estimate of drug-likeness (QED) is 0.505. The van der Waals surface area contributed by atoms with Crippen LogP contribution in [0.1, 0.15) is 41.6 Å². The van der Waals surface area contributed by atoms with E-state index in [1.807, 2.05) is 18.2 Å². The van der Waals surface area contributed by atoms with Crippen LogP contribution >= 0.6 is 11.6 Å². The maximum atomic E-state index is 13.2. The van der Waals surface area contributed by atoms with E-state index in [1.54, 1.807) is 11.0 Å². The Morgan fingerprint density at radius 2 is 2.00 bits per heavy atom. The minimum atomic E-state index is -0.756. The van der Waals surface area contributed by atoms with Crippen molar-refractivity contribution in [3.05, 3.63) is 52.5 Å². The van der Waals surface area contributed by atoms with Crippen LogP contribution in [0, 0.1) is 5.92 Å². The van der Waals surface area contributed by atoms with Crippen molar-refractivity contribution in [2.75, 3.05) is 45.9 Å². The van der Waals surface area contributed by atoms with E-state index < -0.39 is 6.10 Å². The minimum Gasteiger partial charge on any atom is -0.508 e. The average Bonchev–Trinajstić information content (AvgIpc) is 3.25. The first-order valence-electron chi connectivity index (χ1n) is 13.1. The van der Waals surface area contributed by atoms with Gasteiger partial charge in [-0.3, -0.25) is 4.79 Å². The molecular weight excluding hydrogens is 496 g/mol. The van der Waals surface area contributed by atoms with Gasteiger partial charge in [0.2, 0.25) is 0 Å². The van der Waals surface area contributed by atoms with Crippen LogP contribution in [-0.4, -0.2) is 88.7 Å². The number of β-amino-alcohol motifs (C(OH)–C–C–N with tert-alkyl or cyclic N) is 1. The number of likely N-dealkylation sites (tertiary alicyclic amines) is 2. The standard InChI is InChI=1S/C28H35ClN2O6/c29-21-3-6-25-20(12-21)14-28(37-25)7-10-30(11-8-28)16-23(34)18-36-26-13-22(33)4-5-24(26)27(35)31-9-1-2-19(15-31)17-32/h3-6,12-13,19,23,32-34H,1-2,7-11,14-18H2/t19?,23-/m0/s1. The molecule has 3 heterocycles. The number of benzene rings is 2. The molecule has 8 nitrogen and oxygen atoms in total. The summed E-state index contributed by atoms with van der Waals surface area (Å²) in [5.41, 5.74) is 1.30. The zero-order chi connectivity index (χ0) is 26.0. The van der Waals surface area contributed by atoms with Crippen LogP contribution in [0.5, 0.6) is 17.2 Å². The number of phenols is 1. The zero-order valence-electron chi connectivity index (χ0n) is 20.9. The smallest absolute Gasteiger partial charge is 0.257 e. The molecule has 0 bridgehead atoms. The number of carbonyl (C=O) groups excluding carboxylic acids is 1. The topological polar surface area (TPSA) is 103 Å². The molecule has 200 valence electrons. The fourth-order valence-corrected chi connectivity index (χ4v) is 5.93. The molecule has 3 aliphatic rings. The highest BCUT2D eigenvalue weighted by atomic mass is 35.5. The number of rotatable bonds is 7. The van der Waals surface area contributed by atoms with Gasteiger partial charge in [0.15, 0.2) is 0 Å². The van der Waals surface area contributed by atoms with Crippen molar-refractivity contribution in [2.24, 2.45) is 5.92 Å². The van der Waals surface area contributed by atoms with Crippen LogP contribution in [0.3, 0.4) is 0 Å². The molecule has 0 saturated carbocycles. The molecular formula is C28H35ClN2O6. The largest absolute Gasteiger partial charge is 0.508 e. The maximum Gasteiger partial charge on any atom is 0.257 e. The maximum absolute atomic E-state index is 13.2. The lowest BCUT2D eigenvalue weighted by Crippen LogP contribution is -2.49. The molecule has 37 heavy (non-hydrogen) atoms. The number of nitrogens with zero attached hydrogens (tertiary/aromatic N) is 2. The average molecular weight is 531 g/mol. The van der Waals surface area contributed by atoms with Gasteiger partial charge in [0.1, 0.15) is 35.6 Å². The van der Waals surface area contributed by atoms with E-state index >= 15 is 0 Å². The van der Waals surface area contributed by atoms with Gasteiger partial charge in [-0.2, -0.15) is 0 Å². The van der Waals surface area contributed by atoms with Crippen LogP contribution in [0.15, 0.2) is 36.4 Å². The summed E-state index contributed by atoms with van der Waals surface area (Å²) in [4.78, 5) is 17.1. The summed E-state index contributed by atoms with van der Waals surface area (Å²) in [5.74, 6) is 1.05. The molecule has 1 unspecified atom stereocenters. The van der Waals surface area contributed by atoms with Gasteiger partial charge in [-0.1, -0.05) is 11.6 Å². The van der Waals surface area contributed by atoms with Gasteiger partial charge in [0.25, 0.3) is 5.91 Å². The summed E-state index contributed by atoms with van der Waals surface area (Å²) in [6.07, 6.45) is 3.56. The number of halogens is 1. The molecule has 1 spiro atoms. The van der Waals surface area contributed by atoms with E-state index in [1.165, 1.54) is 12.1 Å². The first-order valence-corrected chi connectivity index (χ1v) is 13.5. The minimum absolute atomic E-state index is 0.00504. The summed E-state index contributed by atoms with van der Waals surface area (Å²) in [6, 6.07) is 10.2. The fourth-order valence-electron chi connectivity index (χ4n) is 5.74. The predicted octanol–water partition coefficient (Wildman–Crippen LogP) is 3.10. The summed E-state index contributed by atoms with van der Waals surface area (Å²) in [6.45, 7) is 3.23. The third-order valence-corrected chi connectivity index (χ3v) is 8.02. The highest BCUT2D eigenvalue weighted by Crippen LogP contribution is 2.42. The van der Waals surface area contributed by atoms with E-state index in [4.69, 9.17) is 21.1 Å². The molecule has 2 aromatic rings. The first-order chi connectivity index (χ1) is 17.8. The second kappa shape index (κ2) is 11.1. The molecule has 9 heteroatoms. The van der Waals surface area contributed by atoms with E-state index in [0.29, 0.717) is 25.2 Å². The van der Waals surface area contributed by atoms with Gasteiger partial charge in [-0.05, 0) is 54.7 Å². The Morgan fingerprint density at radius 3 is 2.78 bits per heavy atom. The van der Waals surface area contributed by atoms with Gasteiger partial charge >= 0.3 is 0 Å². The summed E-state index contributed by atoms with van der Waals surface area (Å²) >= 11 is 6.14. The highest BCUT2D eigenvalue weighted by molar-refractivity contribution is 6.30. The lowest BCUT2D eigenvalue weighted by molar-refractivity contribution is -0.00203. The van der Waals surface area contributed by atoms with Crippen LogP contribution in [0.2, 0.25) is 5.02 Å². The van der Waals surface area contributed by atoms with Crippen molar-refractivity contribution in [3.8, 4) is 17.2 Å². The van der Waals surface area contributed by atoms with Crippen LogP contribution < -0.4 is 9.47 Å². The summed E-state index contributed by atoms with van der Waals surface area (Å²) in [5, 5.41) is 30.9. The number of amides is 1. The third kappa shape index (κ3) is 5.98. The molecule has 2 fully saturated rings. The van der Waals surface area contributed by atoms with Crippen LogP contribution in [0.25, 0.3) is 0 Å². The SMILES string of the molecule is O=C(c1ccc(O)cc1OC[C@@H](O)CN1CCC2(CC1)Cc1cc(Cl)ccc1O2)N1CCCC(CO)C1. The monoisotopic (exact) mass is 530 g/mol. The van der Waals surface area contributed by atoms with Crippen molar-refractivity contribution in [1.82, 2.24) is 9.80 Å². The Labute approximate surface area is 222 Å². The predicted molar refractivity (Wildman–Crippen MR) is 140 cm³/mol. The Balaban J connectivity index is 1.14. The Hall–Kier alpha value is -2.52. The molecule has 0 aromatic heterocycles. The lowest BCUT2D eigenvalue weighted by atomic mass is 9.87. The summed E-state index contributed by atoms with van der Waals surface area (Å²) < 4.78 is 12.2. The molecule has 5 rings (SSSR count). The number of piperidine rings is 2. The van der Waals surface area contributed by atoms with E-state index in [9.17, 15) is 20.1 Å². The Morgan fingerprint density at radius 1 is 1.19 bits per heavy atom. The Kier molecular flexibility index (Phi) is 7.81. The fraction of sp³-hybridized carbons (Fsp3) is 0.536. The number of phenolic OH excluding ortho intramolecular Hbond substituents is 1. The van der Waals surface area contributed by atoms with Crippen molar-refractivity contribution >= 4 is 17.5 Å². The molecule has 0 radical (unpaired) electrons. The summed E-state index contributed by atoms with van der Waals surface area (Å²) in [7, 11) is 0. The number of aliphatic hydroxyl groups is 2. The van der Waals surface area contributed by atoms with Gasteiger partial charge < -0.3 is 34.6 Å². The molecule has 3 N–H and O–H groups in total. The normalized spacial score (nSPS) is 21.9. The van der Waals surface area contributed by atoms with Gasteiger partial charge in [0, 0.05) is 69.7 Å². The number of fused-ring (bicyclic) bond motifs is 1. The lowest BCUT2D eigenvalue weighted by Gasteiger charge is -2.39. The highest BCUT2D eigenvalue weighted by Gasteiger charge is 2.42. The zero-order valence-corrected chi connectivity index (χ0v) is 21.7. The van der Waals surface area contributed by atoms with Crippen molar-refractivity contribution in [2.45, 2.75) is 43.8 Å². The number of ether oxygens (including phenoxy) is 2.